The fourth-order valence-electron chi connectivity index (χ4n) is 3.11. The topological polar surface area (TPSA) is 56.6 Å². The van der Waals surface area contributed by atoms with Gasteiger partial charge in [-0.15, -0.1) is 0 Å². The Hall–Kier alpha value is -2.21. The van der Waals surface area contributed by atoms with Crippen molar-refractivity contribution in [2.45, 2.75) is 25.8 Å². The Morgan fingerprint density at radius 1 is 1.28 bits per heavy atom. The highest BCUT2D eigenvalue weighted by Crippen LogP contribution is 2.28. The predicted molar refractivity (Wildman–Crippen MR) is 95.2 cm³/mol. The molecule has 0 saturated heterocycles. The van der Waals surface area contributed by atoms with E-state index in [9.17, 15) is 4.79 Å². The molecule has 1 aromatic heterocycles. The Balaban J connectivity index is 1.63. The van der Waals surface area contributed by atoms with Gasteiger partial charge in [-0.2, -0.15) is 0 Å². The number of aryl methyl sites for hydroxylation is 1. The highest BCUT2D eigenvalue weighted by molar-refractivity contribution is 6.28. The summed E-state index contributed by atoms with van der Waals surface area (Å²) in [5.74, 6) is 1.51. The first-order valence-electron chi connectivity index (χ1n) is 8.22. The standard InChI is InChI=1S/C18H22ClN3O3/c1-21-14-11-22(9-8-13(14)20-18(21)19)17(23)7-5-12-4-6-15(24-2)16(10-12)25-3/h4,6,10H,5,7-9,11H2,1-3H3. The maximum absolute atomic E-state index is 12.6. The molecule has 0 unspecified atom stereocenters. The van der Waals surface area contributed by atoms with Crippen molar-refractivity contribution in [1.82, 2.24) is 14.5 Å². The van der Waals surface area contributed by atoms with Gasteiger partial charge in [0, 0.05) is 26.4 Å². The number of fused-ring (bicyclic) bond motifs is 1. The van der Waals surface area contributed by atoms with Crippen LogP contribution < -0.4 is 9.47 Å². The smallest absolute Gasteiger partial charge is 0.223 e. The summed E-state index contributed by atoms with van der Waals surface area (Å²) in [4.78, 5) is 18.8. The fourth-order valence-corrected chi connectivity index (χ4v) is 3.32. The van der Waals surface area contributed by atoms with Crippen molar-refractivity contribution in [3.63, 3.8) is 0 Å². The normalized spacial score (nSPS) is 13.5. The second-order valence-electron chi connectivity index (χ2n) is 6.09. The van der Waals surface area contributed by atoms with E-state index in [0.717, 1.165) is 23.4 Å². The van der Waals surface area contributed by atoms with Crippen molar-refractivity contribution in [2.24, 2.45) is 7.05 Å². The van der Waals surface area contributed by atoms with Gasteiger partial charge in [0.15, 0.2) is 11.5 Å². The molecule has 1 aromatic carbocycles. The van der Waals surface area contributed by atoms with E-state index in [1.165, 1.54) is 0 Å². The number of halogens is 1. The third kappa shape index (κ3) is 3.58. The van der Waals surface area contributed by atoms with E-state index < -0.39 is 0 Å². The summed E-state index contributed by atoms with van der Waals surface area (Å²) in [5, 5.41) is 0.477. The first kappa shape index (κ1) is 17.6. The molecule has 0 spiro atoms. The van der Waals surface area contributed by atoms with Crippen LogP contribution in [0.15, 0.2) is 18.2 Å². The Bertz CT molecular complexity index is 788. The Kier molecular flexibility index (Phi) is 5.18. The minimum Gasteiger partial charge on any atom is -0.493 e. The maximum atomic E-state index is 12.6. The van der Waals surface area contributed by atoms with E-state index in [1.54, 1.807) is 14.2 Å². The molecule has 1 aliphatic heterocycles. The van der Waals surface area contributed by atoms with Crippen LogP contribution in [0.1, 0.15) is 23.4 Å². The summed E-state index contributed by atoms with van der Waals surface area (Å²) < 4.78 is 12.4. The number of hydrogen-bond acceptors (Lipinski definition) is 4. The first-order chi connectivity index (χ1) is 12.0. The van der Waals surface area contributed by atoms with Gasteiger partial charge in [0.1, 0.15) is 0 Å². The number of imidazole rings is 1. The number of carbonyl (C=O) groups excluding carboxylic acids is 1. The second kappa shape index (κ2) is 7.35. The van der Waals surface area contributed by atoms with Crippen molar-refractivity contribution in [2.75, 3.05) is 20.8 Å². The van der Waals surface area contributed by atoms with E-state index in [4.69, 9.17) is 21.1 Å². The van der Waals surface area contributed by atoms with E-state index in [0.29, 0.717) is 42.7 Å². The average Bonchev–Trinajstić information content (AvgIpc) is 2.93. The van der Waals surface area contributed by atoms with Crippen molar-refractivity contribution in [1.29, 1.82) is 0 Å². The summed E-state index contributed by atoms with van der Waals surface area (Å²) >= 11 is 6.07. The van der Waals surface area contributed by atoms with E-state index in [-0.39, 0.29) is 5.91 Å². The monoisotopic (exact) mass is 363 g/mol. The molecule has 134 valence electrons. The number of ether oxygens (including phenoxy) is 2. The van der Waals surface area contributed by atoms with E-state index >= 15 is 0 Å². The minimum absolute atomic E-state index is 0.137. The summed E-state index contributed by atoms with van der Waals surface area (Å²) in [6, 6.07) is 5.74. The van der Waals surface area contributed by atoms with Crippen LogP contribution in [0.4, 0.5) is 0 Å². The molecule has 6 nitrogen and oxygen atoms in total. The molecule has 1 aliphatic rings. The molecule has 0 radical (unpaired) electrons. The van der Waals surface area contributed by atoms with Crippen LogP contribution >= 0.6 is 11.6 Å². The third-order valence-corrected chi connectivity index (χ3v) is 4.97. The van der Waals surface area contributed by atoms with Gasteiger partial charge >= 0.3 is 0 Å². The van der Waals surface area contributed by atoms with Gasteiger partial charge in [-0.1, -0.05) is 6.07 Å². The van der Waals surface area contributed by atoms with E-state index in [2.05, 4.69) is 4.98 Å². The van der Waals surface area contributed by atoms with E-state index in [1.807, 2.05) is 34.7 Å². The molecule has 0 saturated carbocycles. The molecular formula is C18H22ClN3O3. The molecule has 3 rings (SSSR count). The lowest BCUT2D eigenvalue weighted by Crippen LogP contribution is -2.36. The quantitative estimate of drug-likeness (QED) is 0.819. The van der Waals surface area contributed by atoms with Crippen LogP contribution in [0, 0.1) is 0 Å². The van der Waals surface area contributed by atoms with Gasteiger partial charge in [-0.05, 0) is 35.7 Å². The zero-order valence-corrected chi connectivity index (χ0v) is 15.5. The maximum Gasteiger partial charge on any atom is 0.223 e. The van der Waals surface area contributed by atoms with Gasteiger partial charge in [0.05, 0.1) is 32.2 Å². The Morgan fingerprint density at radius 2 is 2.04 bits per heavy atom. The molecular weight excluding hydrogens is 342 g/mol. The molecule has 1 amide bonds. The van der Waals surface area contributed by atoms with Gasteiger partial charge in [0.25, 0.3) is 0 Å². The number of aromatic nitrogens is 2. The number of nitrogens with zero attached hydrogens (tertiary/aromatic N) is 3. The van der Waals surface area contributed by atoms with Crippen LogP contribution in [0.2, 0.25) is 5.28 Å². The molecule has 0 atom stereocenters. The van der Waals surface area contributed by atoms with Gasteiger partial charge in [-0.25, -0.2) is 4.98 Å². The Morgan fingerprint density at radius 3 is 2.76 bits per heavy atom. The zero-order valence-electron chi connectivity index (χ0n) is 14.7. The van der Waals surface area contributed by atoms with Gasteiger partial charge in [0.2, 0.25) is 11.2 Å². The largest absolute Gasteiger partial charge is 0.493 e. The summed E-state index contributed by atoms with van der Waals surface area (Å²) in [6.45, 7) is 1.25. The first-order valence-corrected chi connectivity index (χ1v) is 8.60. The number of carbonyl (C=O) groups is 1. The summed E-state index contributed by atoms with van der Waals surface area (Å²) in [7, 11) is 5.10. The van der Waals surface area contributed by atoms with Crippen LogP contribution in [-0.2, 0) is 31.2 Å². The highest BCUT2D eigenvalue weighted by Gasteiger charge is 2.25. The molecule has 0 aliphatic carbocycles. The van der Waals surface area contributed by atoms with Crippen molar-refractivity contribution in [3.8, 4) is 11.5 Å². The second-order valence-corrected chi connectivity index (χ2v) is 6.43. The van der Waals surface area contributed by atoms with Crippen LogP contribution in [0.3, 0.4) is 0 Å². The number of benzene rings is 1. The molecule has 25 heavy (non-hydrogen) atoms. The van der Waals surface area contributed by atoms with Crippen molar-refractivity contribution < 1.29 is 14.3 Å². The van der Waals surface area contributed by atoms with Crippen LogP contribution in [0.5, 0.6) is 11.5 Å². The summed E-state index contributed by atoms with van der Waals surface area (Å²) in [5.41, 5.74) is 3.07. The number of methoxy groups -OCH3 is 2. The Labute approximate surface area is 152 Å². The minimum atomic E-state index is 0.137. The predicted octanol–water partition coefficient (Wildman–Crippen LogP) is 2.61. The lowest BCUT2D eigenvalue weighted by atomic mass is 10.1. The fraction of sp³-hybridized carbons (Fsp3) is 0.444. The van der Waals surface area contributed by atoms with Crippen molar-refractivity contribution >= 4 is 17.5 Å². The molecule has 2 aromatic rings. The molecule has 0 fully saturated rings. The van der Waals surface area contributed by atoms with Crippen molar-refractivity contribution in [3.05, 3.63) is 40.4 Å². The molecule has 2 heterocycles. The van der Waals surface area contributed by atoms with Crippen LogP contribution in [0.25, 0.3) is 0 Å². The lowest BCUT2D eigenvalue weighted by Gasteiger charge is -2.27. The van der Waals surface area contributed by atoms with Gasteiger partial charge < -0.3 is 18.9 Å². The number of rotatable bonds is 5. The van der Waals surface area contributed by atoms with Crippen LogP contribution in [-0.4, -0.2) is 41.1 Å². The molecule has 0 bridgehead atoms. The highest BCUT2D eigenvalue weighted by atomic mass is 35.5. The average molecular weight is 364 g/mol. The van der Waals surface area contributed by atoms with Gasteiger partial charge in [-0.3, -0.25) is 4.79 Å². The molecule has 7 heteroatoms. The summed E-state index contributed by atoms with van der Waals surface area (Å²) in [6.07, 6.45) is 1.86. The zero-order chi connectivity index (χ0) is 18.0. The lowest BCUT2D eigenvalue weighted by molar-refractivity contribution is -0.132. The molecule has 0 N–H and O–H groups in total. The third-order valence-electron chi connectivity index (χ3n) is 4.63. The number of amides is 1. The number of hydrogen-bond donors (Lipinski definition) is 0. The SMILES string of the molecule is COc1ccc(CCC(=O)N2CCc3nc(Cl)n(C)c3C2)cc1OC.